The van der Waals surface area contributed by atoms with E-state index in [0.29, 0.717) is 22.5 Å². The van der Waals surface area contributed by atoms with E-state index in [4.69, 9.17) is 16.2 Å². The number of hydrogen-bond acceptors (Lipinski definition) is 6. The number of esters is 1. The number of halogens is 4. The minimum absolute atomic E-state index is 0.0336. The van der Waals surface area contributed by atoms with Crippen molar-refractivity contribution in [1.29, 1.82) is 0 Å². The summed E-state index contributed by atoms with van der Waals surface area (Å²) in [5.41, 5.74) is 13.6. The Morgan fingerprint density at radius 1 is 0.944 bits per heavy atom. The SMILES string of the molecule is Nc1ccc(N)c(CC(=Cc2ccc(OC(=O)c3ccc(OC(F)(F)C(F)F)cc3)cc2)C(=O)O)c1. The second-order valence-electron chi connectivity index (χ2n) is 7.56. The predicted molar refractivity (Wildman–Crippen MR) is 124 cm³/mol. The molecule has 3 aromatic rings. The van der Waals surface area contributed by atoms with E-state index in [2.05, 4.69) is 4.74 Å². The fraction of sp³-hybridized carbons (Fsp3) is 0.120. The molecule has 0 saturated heterocycles. The van der Waals surface area contributed by atoms with E-state index < -0.39 is 30.2 Å². The third-order valence-electron chi connectivity index (χ3n) is 4.85. The third-order valence-corrected chi connectivity index (χ3v) is 4.85. The molecule has 0 aliphatic rings. The molecule has 0 spiro atoms. The van der Waals surface area contributed by atoms with Crippen molar-refractivity contribution in [3.05, 3.63) is 89.0 Å². The smallest absolute Gasteiger partial charge is 0.461 e. The van der Waals surface area contributed by atoms with Crippen molar-refractivity contribution in [2.45, 2.75) is 19.0 Å². The molecule has 3 rings (SSSR count). The molecule has 7 nitrogen and oxygen atoms in total. The van der Waals surface area contributed by atoms with Gasteiger partial charge in [-0.05, 0) is 71.8 Å². The number of hydrogen-bond donors (Lipinski definition) is 3. The maximum Gasteiger partial charge on any atom is 0.461 e. The van der Waals surface area contributed by atoms with Crippen molar-refractivity contribution >= 4 is 29.4 Å². The molecule has 5 N–H and O–H groups in total. The van der Waals surface area contributed by atoms with Gasteiger partial charge in [-0.15, -0.1) is 0 Å². The number of ether oxygens (including phenoxy) is 2. The summed E-state index contributed by atoms with van der Waals surface area (Å²) in [7, 11) is 0. The van der Waals surface area contributed by atoms with Crippen LogP contribution in [0.5, 0.6) is 11.5 Å². The lowest BCUT2D eigenvalue weighted by molar-refractivity contribution is -0.253. The Balaban J connectivity index is 1.68. The van der Waals surface area contributed by atoms with E-state index in [1.165, 1.54) is 30.3 Å². The van der Waals surface area contributed by atoms with E-state index in [9.17, 15) is 32.3 Å². The Bertz CT molecular complexity index is 1280. The summed E-state index contributed by atoms with van der Waals surface area (Å²) >= 11 is 0. The van der Waals surface area contributed by atoms with Gasteiger partial charge in [0.2, 0.25) is 0 Å². The van der Waals surface area contributed by atoms with Crippen LogP contribution in [-0.4, -0.2) is 29.6 Å². The molecule has 3 aromatic carbocycles. The lowest BCUT2D eigenvalue weighted by Gasteiger charge is -2.16. The van der Waals surface area contributed by atoms with Crippen LogP contribution in [0.25, 0.3) is 6.08 Å². The molecule has 0 heterocycles. The summed E-state index contributed by atoms with van der Waals surface area (Å²) in [4.78, 5) is 24.0. The number of carbonyl (C=O) groups excluding carboxylic acids is 1. The number of nitrogens with two attached hydrogens (primary N) is 2. The first-order valence-corrected chi connectivity index (χ1v) is 10.3. The van der Waals surface area contributed by atoms with Crippen LogP contribution >= 0.6 is 0 Å². The molecule has 11 heteroatoms. The molecule has 0 radical (unpaired) electrons. The van der Waals surface area contributed by atoms with Crippen molar-refractivity contribution in [3.63, 3.8) is 0 Å². The van der Waals surface area contributed by atoms with Crippen LogP contribution in [-0.2, 0) is 11.2 Å². The van der Waals surface area contributed by atoms with Crippen LogP contribution in [0.4, 0.5) is 28.9 Å². The van der Waals surface area contributed by atoms with Gasteiger partial charge in [0.15, 0.2) is 0 Å². The summed E-state index contributed by atoms with van der Waals surface area (Å²) in [5, 5.41) is 9.57. The van der Waals surface area contributed by atoms with Gasteiger partial charge < -0.3 is 26.0 Å². The number of alkyl halides is 4. The van der Waals surface area contributed by atoms with Crippen molar-refractivity contribution < 1.29 is 41.7 Å². The monoisotopic (exact) mass is 504 g/mol. The Labute approximate surface area is 202 Å². The molecule has 0 fully saturated rings. The average molecular weight is 504 g/mol. The molecule has 0 unspecified atom stereocenters. The molecule has 0 saturated carbocycles. The highest BCUT2D eigenvalue weighted by atomic mass is 19.3. The zero-order valence-corrected chi connectivity index (χ0v) is 18.5. The molecule has 36 heavy (non-hydrogen) atoms. The first-order chi connectivity index (χ1) is 16.9. The zero-order valence-electron chi connectivity index (χ0n) is 18.5. The minimum atomic E-state index is -4.67. The standard InChI is InChI=1S/C25H20F4N2O5/c26-24(27)25(28,29)36-20-8-3-15(4-9-20)23(34)35-19-6-1-14(2-7-19)11-17(22(32)33)12-16-13-18(30)5-10-21(16)31/h1-11,13,24H,12,30-31H2,(H,32,33). The van der Waals surface area contributed by atoms with E-state index in [1.807, 2.05) is 0 Å². The topological polar surface area (TPSA) is 125 Å². The third kappa shape index (κ3) is 6.75. The van der Waals surface area contributed by atoms with Crippen LogP contribution in [0, 0.1) is 0 Å². The van der Waals surface area contributed by atoms with Crippen LogP contribution in [0.15, 0.2) is 72.3 Å². The highest BCUT2D eigenvalue weighted by Crippen LogP contribution is 2.28. The van der Waals surface area contributed by atoms with Gasteiger partial charge >= 0.3 is 24.5 Å². The molecule has 188 valence electrons. The molecule has 0 aromatic heterocycles. The summed E-state index contributed by atoms with van der Waals surface area (Å²) in [6, 6.07) is 14.7. The van der Waals surface area contributed by atoms with Crippen LogP contribution in [0.1, 0.15) is 21.5 Å². The number of carboxylic acids is 1. The number of nitrogen functional groups attached to an aromatic ring is 2. The normalized spacial score (nSPS) is 11.9. The molecule has 0 atom stereocenters. The number of anilines is 2. The summed E-state index contributed by atoms with van der Waals surface area (Å²) < 4.78 is 59.5. The van der Waals surface area contributed by atoms with Crippen molar-refractivity contribution in [2.75, 3.05) is 11.5 Å². The number of carboxylic acid groups (broad SMARTS) is 1. The van der Waals surface area contributed by atoms with E-state index >= 15 is 0 Å². The van der Waals surface area contributed by atoms with Gasteiger partial charge in [0.05, 0.1) is 5.56 Å². The number of rotatable bonds is 9. The summed E-state index contributed by atoms with van der Waals surface area (Å²) in [6.07, 6.45) is -7.21. The first-order valence-electron chi connectivity index (χ1n) is 10.3. The number of aliphatic carboxylic acids is 1. The first kappa shape index (κ1) is 26.1. The van der Waals surface area contributed by atoms with Crippen LogP contribution in [0.3, 0.4) is 0 Å². The Morgan fingerprint density at radius 2 is 1.56 bits per heavy atom. The number of carbonyl (C=O) groups is 2. The number of benzene rings is 3. The van der Waals surface area contributed by atoms with E-state index in [1.54, 1.807) is 18.2 Å². The largest absolute Gasteiger partial charge is 0.478 e. The van der Waals surface area contributed by atoms with Gasteiger partial charge in [-0.25, -0.2) is 9.59 Å². The molecule has 0 bridgehead atoms. The second kappa shape index (κ2) is 10.8. The van der Waals surface area contributed by atoms with Gasteiger partial charge in [0, 0.05) is 23.4 Å². The van der Waals surface area contributed by atoms with Crippen molar-refractivity contribution in [3.8, 4) is 11.5 Å². The van der Waals surface area contributed by atoms with Crippen LogP contribution < -0.4 is 20.9 Å². The summed E-state index contributed by atoms with van der Waals surface area (Å²) in [5.74, 6) is -2.42. The molecular weight excluding hydrogens is 484 g/mol. The maximum absolute atomic E-state index is 13.0. The Kier molecular flexibility index (Phi) is 7.83. The highest BCUT2D eigenvalue weighted by Gasteiger charge is 2.43. The molecular formula is C25H20F4N2O5. The minimum Gasteiger partial charge on any atom is -0.478 e. The van der Waals surface area contributed by atoms with Gasteiger partial charge in [-0.2, -0.15) is 17.6 Å². The van der Waals surface area contributed by atoms with Crippen molar-refractivity contribution in [1.82, 2.24) is 0 Å². The maximum atomic E-state index is 13.0. The molecule has 0 amide bonds. The predicted octanol–water partition coefficient (Wildman–Crippen LogP) is 5.02. The zero-order chi connectivity index (χ0) is 26.5. The van der Waals surface area contributed by atoms with Gasteiger partial charge in [0.1, 0.15) is 11.5 Å². The Morgan fingerprint density at radius 3 is 2.14 bits per heavy atom. The van der Waals surface area contributed by atoms with Crippen LogP contribution in [0.2, 0.25) is 0 Å². The van der Waals surface area contributed by atoms with Gasteiger partial charge in [-0.3, -0.25) is 0 Å². The molecule has 0 aliphatic heterocycles. The average Bonchev–Trinajstić information content (AvgIpc) is 2.82. The Hall–Kier alpha value is -4.54. The van der Waals surface area contributed by atoms with E-state index in [-0.39, 0.29) is 23.3 Å². The van der Waals surface area contributed by atoms with Gasteiger partial charge in [0.25, 0.3) is 0 Å². The summed E-state index contributed by atoms with van der Waals surface area (Å²) in [6.45, 7) is 0. The fourth-order valence-electron chi connectivity index (χ4n) is 3.03. The van der Waals surface area contributed by atoms with Crippen molar-refractivity contribution in [2.24, 2.45) is 0 Å². The van der Waals surface area contributed by atoms with E-state index in [0.717, 1.165) is 24.3 Å². The lowest BCUT2D eigenvalue weighted by Crippen LogP contribution is -2.33. The van der Waals surface area contributed by atoms with Gasteiger partial charge in [-0.1, -0.05) is 12.1 Å². The lowest BCUT2D eigenvalue weighted by atomic mass is 10.0. The highest BCUT2D eigenvalue weighted by molar-refractivity contribution is 5.93. The molecule has 0 aliphatic carbocycles. The fourth-order valence-corrected chi connectivity index (χ4v) is 3.03. The second-order valence-corrected chi connectivity index (χ2v) is 7.56. The quantitative estimate of drug-likeness (QED) is 0.123.